The number of hydrogen-bond acceptors (Lipinski definition) is 5. The summed E-state index contributed by atoms with van der Waals surface area (Å²) in [7, 11) is 0. The summed E-state index contributed by atoms with van der Waals surface area (Å²) in [5.41, 5.74) is 1.97. The van der Waals surface area contributed by atoms with Gasteiger partial charge in [-0.05, 0) is 54.2 Å². The van der Waals surface area contributed by atoms with Crippen molar-refractivity contribution >= 4 is 38.9 Å². The molecule has 0 radical (unpaired) electrons. The third-order valence-electron chi connectivity index (χ3n) is 3.32. The van der Waals surface area contributed by atoms with Crippen LogP contribution in [0.2, 0.25) is 0 Å². The lowest BCUT2D eigenvalue weighted by Gasteiger charge is -2.12. The standard InChI is InChI=1S/C15H15N3OS2/c1-9(16-15(19)14-10(2)17-18-21-14)7-11-8-20-13-6-4-3-5-12(11)13/h3-6,8-9H,7H2,1-2H3,(H,16,19)/t9-/m0/s1. The van der Waals surface area contributed by atoms with Gasteiger partial charge in [0.15, 0.2) is 0 Å². The second kappa shape index (κ2) is 5.91. The Labute approximate surface area is 131 Å². The van der Waals surface area contributed by atoms with Crippen LogP contribution in [0.15, 0.2) is 29.6 Å². The number of carbonyl (C=O) groups is 1. The molecule has 0 aliphatic rings. The van der Waals surface area contributed by atoms with Gasteiger partial charge in [-0.3, -0.25) is 4.79 Å². The highest BCUT2D eigenvalue weighted by Gasteiger charge is 2.16. The second-order valence-corrected chi connectivity index (χ2v) is 6.69. The molecule has 1 atom stereocenters. The monoisotopic (exact) mass is 317 g/mol. The molecular formula is C15H15N3OS2. The average molecular weight is 317 g/mol. The Morgan fingerprint density at radius 2 is 2.19 bits per heavy atom. The zero-order chi connectivity index (χ0) is 14.8. The van der Waals surface area contributed by atoms with Gasteiger partial charge in [0.2, 0.25) is 0 Å². The van der Waals surface area contributed by atoms with Gasteiger partial charge in [-0.15, -0.1) is 16.4 Å². The van der Waals surface area contributed by atoms with Gasteiger partial charge >= 0.3 is 0 Å². The fourth-order valence-electron chi connectivity index (χ4n) is 2.30. The number of fused-ring (bicyclic) bond motifs is 1. The molecule has 6 heteroatoms. The van der Waals surface area contributed by atoms with E-state index in [9.17, 15) is 4.79 Å². The molecule has 0 fully saturated rings. The molecule has 0 aliphatic heterocycles. The van der Waals surface area contributed by atoms with Crippen LogP contribution in [-0.4, -0.2) is 21.5 Å². The highest BCUT2D eigenvalue weighted by Crippen LogP contribution is 2.26. The highest BCUT2D eigenvalue weighted by molar-refractivity contribution is 7.17. The summed E-state index contributed by atoms with van der Waals surface area (Å²) >= 11 is 2.88. The summed E-state index contributed by atoms with van der Waals surface area (Å²) < 4.78 is 5.08. The van der Waals surface area contributed by atoms with Crippen molar-refractivity contribution in [1.82, 2.24) is 14.9 Å². The Kier molecular flexibility index (Phi) is 3.98. The molecule has 3 rings (SSSR count). The van der Waals surface area contributed by atoms with E-state index in [4.69, 9.17) is 0 Å². The molecular weight excluding hydrogens is 302 g/mol. The summed E-state index contributed by atoms with van der Waals surface area (Å²) in [6, 6.07) is 8.42. The number of rotatable bonds is 4. The fourth-order valence-corrected chi connectivity index (χ4v) is 3.84. The van der Waals surface area contributed by atoms with Crippen molar-refractivity contribution in [3.05, 3.63) is 45.8 Å². The van der Waals surface area contributed by atoms with E-state index in [2.05, 4.69) is 32.4 Å². The van der Waals surface area contributed by atoms with Gasteiger partial charge in [0.05, 0.1) is 5.69 Å². The fraction of sp³-hybridized carbons (Fsp3) is 0.267. The number of nitrogens with zero attached hydrogens (tertiary/aromatic N) is 2. The number of hydrogen-bond donors (Lipinski definition) is 1. The lowest BCUT2D eigenvalue weighted by Crippen LogP contribution is -2.33. The molecule has 1 amide bonds. The number of nitrogens with one attached hydrogen (secondary N) is 1. The predicted octanol–water partition coefficient (Wildman–Crippen LogP) is 3.42. The smallest absolute Gasteiger partial charge is 0.265 e. The average Bonchev–Trinajstić information content (AvgIpc) is 3.06. The van der Waals surface area contributed by atoms with Gasteiger partial charge in [0.1, 0.15) is 4.88 Å². The zero-order valence-electron chi connectivity index (χ0n) is 11.8. The Bertz CT molecular complexity index is 778. The summed E-state index contributed by atoms with van der Waals surface area (Å²) in [6.07, 6.45) is 0.820. The quantitative estimate of drug-likeness (QED) is 0.802. The van der Waals surface area contributed by atoms with Crippen molar-refractivity contribution in [3.63, 3.8) is 0 Å². The van der Waals surface area contributed by atoms with Crippen LogP contribution in [0.1, 0.15) is 27.9 Å². The number of aryl methyl sites for hydroxylation is 1. The van der Waals surface area contributed by atoms with E-state index in [0.717, 1.165) is 18.0 Å². The second-order valence-electron chi connectivity index (χ2n) is 5.02. The highest BCUT2D eigenvalue weighted by atomic mass is 32.1. The van der Waals surface area contributed by atoms with E-state index in [1.165, 1.54) is 15.6 Å². The lowest BCUT2D eigenvalue weighted by molar-refractivity contribution is 0.0943. The van der Waals surface area contributed by atoms with Crippen LogP contribution in [-0.2, 0) is 6.42 Å². The minimum Gasteiger partial charge on any atom is -0.348 e. The molecule has 108 valence electrons. The van der Waals surface area contributed by atoms with Crippen molar-refractivity contribution in [1.29, 1.82) is 0 Å². The van der Waals surface area contributed by atoms with Gasteiger partial charge in [-0.1, -0.05) is 22.7 Å². The van der Waals surface area contributed by atoms with Gasteiger partial charge in [0.25, 0.3) is 5.91 Å². The van der Waals surface area contributed by atoms with Gasteiger partial charge in [-0.25, -0.2) is 0 Å². The molecule has 21 heavy (non-hydrogen) atoms. The number of aromatic nitrogens is 2. The normalized spacial score (nSPS) is 12.5. The van der Waals surface area contributed by atoms with Gasteiger partial charge < -0.3 is 5.32 Å². The van der Waals surface area contributed by atoms with Crippen LogP contribution in [0.3, 0.4) is 0 Å². The number of benzene rings is 1. The minimum absolute atomic E-state index is 0.0667. The molecule has 0 aliphatic carbocycles. The Hall–Kier alpha value is -1.79. The Balaban J connectivity index is 1.71. The summed E-state index contributed by atoms with van der Waals surface area (Å²) in [5, 5.41) is 10.3. The van der Waals surface area contributed by atoms with Crippen molar-refractivity contribution in [2.24, 2.45) is 0 Å². The van der Waals surface area contributed by atoms with E-state index in [1.54, 1.807) is 18.3 Å². The van der Waals surface area contributed by atoms with E-state index in [-0.39, 0.29) is 11.9 Å². The summed E-state index contributed by atoms with van der Waals surface area (Å²) in [6.45, 7) is 3.82. The molecule has 0 saturated heterocycles. The SMILES string of the molecule is Cc1nnsc1C(=O)N[C@@H](C)Cc1csc2ccccc12. The summed E-state index contributed by atoms with van der Waals surface area (Å²) in [5.74, 6) is -0.0884. The number of amides is 1. The van der Waals surface area contributed by atoms with Crippen molar-refractivity contribution < 1.29 is 4.79 Å². The predicted molar refractivity (Wildman–Crippen MR) is 87.1 cm³/mol. The molecule has 0 unspecified atom stereocenters. The largest absolute Gasteiger partial charge is 0.348 e. The molecule has 2 heterocycles. The molecule has 1 aromatic carbocycles. The minimum atomic E-state index is -0.0884. The first-order valence-corrected chi connectivity index (χ1v) is 8.35. The molecule has 0 spiro atoms. The van der Waals surface area contributed by atoms with E-state index >= 15 is 0 Å². The number of thiophene rings is 1. The van der Waals surface area contributed by atoms with Crippen molar-refractivity contribution in [2.75, 3.05) is 0 Å². The molecule has 3 aromatic rings. The third kappa shape index (κ3) is 2.96. The molecule has 2 aromatic heterocycles. The van der Waals surface area contributed by atoms with Crippen LogP contribution in [0.4, 0.5) is 0 Å². The maximum Gasteiger partial charge on any atom is 0.265 e. The lowest BCUT2D eigenvalue weighted by atomic mass is 10.1. The topological polar surface area (TPSA) is 54.9 Å². The molecule has 0 bridgehead atoms. The molecule has 0 saturated carbocycles. The third-order valence-corrected chi connectivity index (χ3v) is 5.16. The maximum absolute atomic E-state index is 12.2. The van der Waals surface area contributed by atoms with Crippen LogP contribution < -0.4 is 5.32 Å². The first kappa shape index (κ1) is 14.2. The Morgan fingerprint density at radius 3 is 2.95 bits per heavy atom. The first-order valence-electron chi connectivity index (χ1n) is 6.70. The van der Waals surface area contributed by atoms with E-state index < -0.39 is 0 Å². The maximum atomic E-state index is 12.2. The summed E-state index contributed by atoms with van der Waals surface area (Å²) in [4.78, 5) is 12.7. The first-order chi connectivity index (χ1) is 10.1. The van der Waals surface area contributed by atoms with Crippen LogP contribution >= 0.6 is 22.9 Å². The van der Waals surface area contributed by atoms with Crippen LogP contribution in [0.5, 0.6) is 0 Å². The molecule has 1 N–H and O–H groups in total. The van der Waals surface area contributed by atoms with Crippen molar-refractivity contribution in [3.8, 4) is 0 Å². The van der Waals surface area contributed by atoms with Gasteiger partial charge in [0, 0.05) is 10.7 Å². The van der Waals surface area contributed by atoms with E-state index in [0.29, 0.717) is 10.6 Å². The van der Waals surface area contributed by atoms with Crippen LogP contribution in [0, 0.1) is 6.92 Å². The van der Waals surface area contributed by atoms with Gasteiger partial charge in [-0.2, -0.15) is 0 Å². The number of carbonyl (C=O) groups excluding carboxylic acids is 1. The van der Waals surface area contributed by atoms with E-state index in [1.807, 2.05) is 19.1 Å². The molecule has 4 nitrogen and oxygen atoms in total. The van der Waals surface area contributed by atoms with Crippen molar-refractivity contribution in [2.45, 2.75) is 26.3 Å². The van der Waals surface area contributed by atoms with Crippen LogP contribution in [0.25, 0.3) is 10.1 Å². The zero-order valence-corrected chi connectivity index (χ0v) is 13.4. The Morgan fingerprint density at radius 1 is 1.38 bits per heavy atom.